The van der Waals surface area contributed by atoms with E-state index in [1.54, 1.807) is 0 Å². The van der Waals surface area contributed by atoms with E-state index in [2.05, 4.69) is 60.5 Å². The second kappa shape index (κ2) is 12.3. The highest BCUT2D eigenvalue weighted by atomic mass is 16.7. The molecule has 47 heavy (non-hydrogen) atoms. The summed E-state index contributed by atoms with van der Waals surface area (Å²) < 4.78 is 23.9. The van der Waals surface area contributed by atoms with E-state index in [0.717, 1.165) is 69.3 Å². The number of benzene rings is 2. The van der Waals surface area contributed by atoms with E-state index in [9.17, 15) is 10.2 Å². The summed E-state index contributed by atoms with van der Waals surface area (Å²) in [5, 5.41) is 28.3. The van der Waals surface area contributed by atoms with E-state index in [4.69, 9.17) is 18.9 Å². The first-order valence-electron chi connectivity index (χ1n) is 17.9. The number of hydrogen-bond donors (Lipinski definition) is 3. The quantitative estimate of drug-likeness (QED) is 0.240. The number of anilines is 2. The lowest BCUT2D eigenvalue weighted by atomic mass is 9.49. The second-order valence-electron chi connectivity index (χ2n) is 15.1. The van der Waals surface area contributed by atoms with Gasteiger partial charge in [-0.15, -0.1) is 0 Å². The number of fused-ring (bicyclic) bond motifs is 4. The van der Waals surface area contributed by atoms with Crippen LogP contribution in [0.3, 0.4) is 0 Å². The van der Waals surface area contributed by atoms with Crippen LogP contribution >= 0.6 is 0 Å². The molecule has 4 aliphatic carbocycles. The molecule has 2 saturated heterocycles. The van der Waals surface area contributed by atoms with E-state index in [1.165, 1.54) is 16.7 Å². The number of aliphatic hydroxyl groups is 2. The molecule has 3 saturated carbocycles. The maximum absolute atomic E-state index is 12.4. The molecule has 7 atom stereocenters. The Labute approximate surface area is 279 Å². The van der Waals surface area contributed by atoms with Crippen LogP contribution in [0.5, 0.6) is 0 Å². The molecule has 0 aromatic heterocycles. The smallest absolute Gasteiger partial charge is 0.171 e. The van der Waals surface area contributed by atoms with Gasteiger partial charge in [-0.25, -0.2) is 0 Å². The van der Waals surface area contributed by atoms with E-state index in [0.29, 0.717) is 44.3 Å². The molecule has 7 heteroatoms. The fourth-order valence-electron chi connectivity index (χ4n) is 10.2. The Bertz CT molecular complexity index is 1530. The Hall–Kier alpha value is -2.70. The van der Waals surface area contributed by atoms with Gasteiger partial charge in [0.1, 0.15) is 12.2 Å². The average molecular weight is 640 g/mol. The van der Waals surface area contributed by atoms with Gasteiger partial charge in [0.15, 0.2) is 12.1 Å². The molecular formula is C40H49NO6. The maximum atomic E-state index is 12.4. The van der Waals surface area contributed by atoms with Crippen LogP contribution < -0.4 is 5.32 Å². The summed E-state index contributed by atoms with van der Waals surface area (Å²) in [5.74, 6) is 6.57. The summed E-state index contributed by atoms with van der Waals surface area (Å²) in [6.45, 7) is 4.47. The molecule has 8 rings (SSSR count). The van der Waals surface area contributed by atoms with E-state index in [-0.39, 0.29) is 18.8 Å². The van der Waals surface area contributed by atoms with E-state index in [1.807, 2.05) is 18.2 Å². The monoisotopic (exact) mass is 639 g/mol. The predicted molar refractivity (Wildman–Crippen MR) is 180 cm³/mol. The summed E-state index contributed by atoms with van der Waals surface area (Å²) in [6, 6.07) is 19.0. The Morgan fingerprint density at radius 1 is 0.894 bits per heavy atom. The molecule has 7 nitrogen and oxygen atoms in total. The second-order valence-corrected chi connectivity index (χ2v) is 15.1. The number of rotatable bonds is 5. The first-order valence-corrected chi connectivity index (χ1v) is 17.9. The van der Waals surface area contributed by atoms with Crippen molar-refractivity contribution < 1.29 is 29.2 Å². The molecule has 3 N–H and O–H groups in total. The number of allylic oxidation sites excluding steroid dienone is 1. The minimum absolute atomic E-state index is 0.0756. The van der Waals surface area contributed by atoms with Crippen molar-refractivity contribution in [2.75, 3.05) is 31.7 Å². The van der Waals surface area contributed by atoms with Crippen molar-refractivity contribution in [2.24, 2.45) is 17.3 Å². The lowest BCUT2D eigenvalue weighted by Crippen LogP contribution is -2.55. The van der Waals surface area contributed by atoms with Crippen molar-refractivity contribution in [2.45, 2.75) is 107 Å². The lowest BCUT2D eigenvalue weighted by molar-refractivity contribution is -0.208. The van der Waals surface area contributed by atoms with Gasteiger partial charge in [-0.3, -0.25) is 0 Å². The van der Waals surface area contributed by atoms with Crippen LogP contribution in [0.25, 0.3) is 0 Å². The molecule has 5 fully saturated rings. The minimum atomic E-state index is -1.10. The highest BCUT2D eigenvalue weighted by Crippen LogP contribution is 2.68. The normalized spacial score (nSPS) is 37.4. The van der Waals surface area contributed by atoms with Crippen LogP contribution in [0.1, 0.15) is 89.0 Å². The molecule has 0 radical (unpaired) electrons. The van der Waals surface area contributed by atoms with Crippen LogP contribution in [-0.2, 0) is 18.9 Å². The minimum Gasteiger partial charge on any atom is -0.385 e. The van der Waals surface area contributed by atoms with Crippen molar-refractivity contribution in [1.29, 1.82) is 0 Å². The third kappa shape index (κ3) is 5.65. The number of hydrogen-bond acceptors (Lipinski definition) is 7. The molecular weight excluding hydrogens is 590 g/mol. The number of ether oxygens (including phenoxy) is 4. The number of para-hydroxylation sites is 1. The average Bonchev–Trinajstić information content (AvgIpc) is 3.64. The molecule has 6 unspecified atom stereocenters. The van der Waals surface area contributed by atoms with Gasteiger partial charge in [0, 0.05) is 42.2 Å². The molecule has 1 spiro atoms. The Morgan fingerprint density at radius 3 is 2.45 bits per heavy atom. The third-order valence-corrected chi connectivity index (χ3v) is 12.5. The molecule has 2 aromatic rings. The van der Waals surface area contributed by atoms with Gasteiger partial charge >= 0.3 is 0 Å². The largest absolute Gasteiger partial charge is 0.385 e. The summed E-state index contributed by atoms with van der Waals surface area (Å²) >= 11 is 0. The first kappa shape index (κ1) is 31.6. The van der Waals surface area contributed by atoms with E-state index < -0.39 is 22.4 Å². The summed E-state index contributed by atoms with van der Waals surface area (Å²) in [4.78, 5) is 0. The van der Waals surface area contributed by atoms with Crippen molar-refractivity contribution in [3.05, 3.63) is 71.3 Å². The fourth-order valence-corrected chi connectivity index (χ4v) is 10.2. The maximum Gasteiger partial charge on any atom is 0.171 e. The topological polar surface area (TPSA) is 89.4 Å². The van der Waals surface area contributed by atoms with Gasteiger partial charge in [-0.2, -0.15) is 0 Å². The van der Waals surface area contributed by atoms with Gasteiger partial charge in [0.2, 0.25) is 0 Å². The molecule has 0 amide bonds. The van der Waals surface area contributed by atoms with Gasteiger partial charge in [0.05, 0.1) is 18.8 Å². The first-order chi connectivity index (χ1) is 22.8. The van der Waals surface area contributed by atoms with Crippen molar-refractivity contribution in [3.63, 3.8) is 0 Å². The van der Waals surface area contributed by atoms with Gasteiger partial charge in [-0.1, -0.05) is 54.7 Å². The molecule has 250 valence electrons. The van der Waals surface area contributed by atoms with Crippen LogP contribution in [0.15, 0.2) is 65.7 Å². The SMILES string of the molecule is CC12CC(c3ccc(Nc4ccccc4)cc3)C3=C4CCC5(C[C@]4(O)CCC3C1CCC2(O)C#CCOC1CCCCO1)OCCO5. The molecule has 2 aromatic carbocycles. The van der Waals surface area contributed by atoms with E-state index >= 15 is 0 Å². The molecule has 2 aliphatic heterocycles. The highest BCUT2D eigenvalue weighted by molar-refractivity contribution is 5.60. The highest BCUT2D eigenvalue weighted by Gasteiger charge is 2.64. The van der Waals surface area contributed by atoms with Gasteiger partial charge in [-0.05, 0) is 105 Å². The Morgan fingerprint density at radius 2 is 1.68 bits per heavy atom. The van der Waals surface area contributed by atoms with Crippen LogP contribution in [0.4, 0.5) is 11.4 Å². The zero-order chi connectivity index (χ0) is 32.1. The van der Waals surface area contributed by atoms with Crippen molar-refractivity contribution in [1.82, 2.24) is 0 Å². The van der Waals surface area contributed by atoms with Gasteiger partial charge < -0.3 is 34.5 Å². The Balaban J connectivity index is 1.13. The summed E-state index contributed by atoms with van der Waals surface area (Å²) in [5.41, 5.74) is 3.51. The molecule has 0 bridgehead atoms. The standard InChI is InChI=1S/C40H49NO6/c1-37-26-32(28-11-13-30(14-12-28)41-29-8-3-2-4-9-29)36-31(15-19-38(42)27-40(21-17-34(36)38)46-24-25-47-40)33(37)16-20-39(37,43)18-7-23-45-35-10-5-6-22-44-35/h2-4,8-9,11-14,31-33,35,41-43H,5-6,10,15-17,19-27H2,1H3/t31?,32?,33?,35?,37?,38-,39?/m1/s1. The van der Waals surface area contributed by atoms with Crippen molar-refractivity contribution in [3.8, 4) is 11.8 Å². The summed E-state index contributed by atoms with van der Waals surface area (Å²) in [6.07, 6.45) is 8.91. The van der Waals surface area contributed by atoms with Crippen LogP contribution in [-0.4, -0.2) is 59.9 Å². The lowest BCUT2D eigenvalue weighted by Gasteiger charge is -2.57. The van der Waals surface area contributed by atoms with Crippen LogP contribution in [0.2, 0.25) is 0 Å². The zero-order valence-electron chi connectivity index (χ0n) is 27.6. The molecule has 2 heterocycles. The third-order valence-electron chi connectivity index (χ3n) is 12.5. The summed E-state index contributed by atoms with van der Waals surface area (Å²) in [7, 11) is 0. The van der Waals surface area contributed by atoms with Crippen molar-refractivity contribution >= 4 is 11.4 Å². The van der Waals surface area contributed by atoms with Gasteiger partial charge in [0.25, 0.3) is 0 Å². The predicted octanol–water partition coefficient (Wildman–Crippen LogP) is 6.98. The Kier molecular flexibility index (Phi) is 8.27. The molecule has 6 aliphatic rings. The number of nitrogens with one attached hydrogen (secondary N) is 1. The van der Waals surface area contributed by atoms with Crippen LogP contribution in [0, 0.1) is 29.1 Å². The fraction of sp³-hybridized carbons (Fsp3) is 0.600. The zero-order valence-corrected chi connectivity index (χ0v) is 27.6.